The zero-order chi connectivity index (χ0) is 14.9. The minimum absolute atomic E-state index is 0.113. The van der Waals surface area contributed by atoms with Gasteiger partial charge in [0.2, 0.25) is 0 Å². The van der Waals surface area contributed by atoms with E-state index < -0.39 is 10.0 Å². The molecule has 1 aliphatic rings. The highest BCUT2D eigenvalue weighted by Crippen LogP contribution is 2.37. The maximum Gasteiger partial charge on any atom is 0.252 e. The van der Waals surface area contributed by atoms with E-state index in [9.17, 15) is 8.42 Å². The Balaban J connectivity index is 2.13. The molecule has 1 aromatic heterocycles. The third-order valence-electron chi connectivity index (χ3n) is 4.16. The fourth-order valence-electron chi connectivity index (χ4n) is 2.71. The summed E-state index contributed by atoms with van der Waals surface area (Å²) in [4.78, 5) is 0. The van der Waals surface area contributed by atoms with Crippen molar-refractivity contribution in [1.29, 1.82) is 0 Å². The highest BCUT2D eigenvalue weighted by atomic mass is 79.9. The standard InChI is InChI=1S/C13H19BrClNO2S2/c1-3-9-4-6-10(7-5-9)16(2)20(17,18)12-8-11(15)13(14)19-12/h8-10H,3-7H2,1-2H3. The van der Waals surface area contributed by atoms with Gasteiger partial charge in [-0.2, -0.15) is 4.31 Å². The highest BCUT2D eigenvalue weighted by Gasteiger charge is 2.32. The molecular formula is C13H19BrClNO2S2. The van der Waals surface area contributed by atoms with Crippen LogP contribution in [0.2, 0.25) is 5.02 Å². The largest absolute Gasteiger partial charge is 0.252 e. The Bertz CT molecular complexity index is 545. The van der Waals surface area contributed by atoms with Crippen molar-refractivity contribution in [3.63, 3.8) is 0 Å². The summed E-state index contributed by atoms with van der Waals surface area (Å²) in [6.07, 6.45) is 5.34. The first-order valence-corrected chi connectivity index (χ1v) is 10.2. The van der Waals surface area contributed by atoms with Gasteiger partial charge in [-0.25, -0.2) is 8.42 Å². The summed E-state index contributed by atoms with van der Waals surface area (Å²) >= 11 is 10.4. The summed E-state index contributed by atoms with van der Waals surface area (Å²) in [5, 5.41) is 0.455. The minimum Gasteiger partial charge on any atom is -0.206 e. The Morgan fingerprint density at radius 3 is 2.45 bits per heavy atom. The molecule has 0 spiro atoms. The van der Waals surface area contributed by atoms with Crippen LogP contribution in [-0.4, -0.2) is 25.8 Å². The molecule has 0 bridgehead atoms. The molecule has 20 heavy (non-hydrogen) atoms. The smallest absolute Gasteiger partial charge is 0.206 e. The van der Waals surface area contributed by atoms with Crippen LogP contribution in [0.25, 0.3) is 0 Å². The van der Waals surface area contributed by atoms with E-state index in [1.54, 1.807) is 7.05 Å². The number of halogens is 2. The maximum absolute atomic E-state index is 12.6. The summed E-state index contributed by atoms with van der Waals surface area (Å²) in [6.45, 7) is 2.20. The first kappa shape index (κ1) is 16.7. The van der Waals surface area contributed by atoms with Gasteiger partial charge in [-0.3, -0.25) is 0 Å². The van der Waals surface area contributed by atoms with Gasteiger partial charge in [-0.05, 0) is 53.6 Å². The Morgan fingerprint density at radius 1 is 1.40 bits per heavy atom. The lowest BCUT2D eigenvalue weighted by atomic mass is 9.85. The Hall–Kier alpha value is 0.380. The molecule has 0 atom stereocenters. The molecule has 1 aliphatic carbocycles. The molecule has 3 nitrogen and oxygen atoms in total. The molecule has 2 rings (SSSR count). The van der Waals surface area contributed by atoms with E-state index in [4.69, 9.17) is 11.6 Å². The Labute approximate surface area is 138 Å². The maximum atomic E-state index is 12.6. The fourth-order valence-corrected chi connectivity index (χ4v) is 6.71. The third-order valence-corrected chi connectivity index (χ3v) is 9.00. The summed E-state index contributed by atoms with van der Waals surface area (Å²) in [6, 6.07) is 1.64. The number of thiophene rings is 1. The average molecular weight is 401 g/mol. The van der Waals surface area contributed by atoms with Crippen molar-refractivity contribution in [2.45, 2.75) is 49.3 Å². The van der Waals surface area contributed by atoms with Crippen LogP contribution in [0.3, 0.4) is 0 Å². The van der Waals surface area contributed by atoms with E-state index in [1.165, 1.54) is 28.1 Å². The second-order valence-electron chi connectivity index (χ2n) is 5.29. The molecule has 0 unspecified atom stereocenters. The first-order valence-electron chi connectivity index (χ1n) is 6.79. The van der Waals surface area contributed by atoms with Gasteiger partial charge in [-0.15, -0.1) is 11.3 Å². The summed E-state index contributed by atoms with van der Waals surface area (Å²) in [5.74, 6) is 0.757. The topological polar surface area (TPSA) is 37.4 Å². The van der Waals surface area contributed by atoms with Crippen LogP contribution >= 0.6 is 38.9 Å². The molecule has 1 fully saturated rings. The number of nitrogens with zero attached hydrogens (tertiary/aromatic N) is 1. The monoisotopic (exact) mass is 399 g/mol. The van der Waals surface area contributed by atoms with Gasteiger partial charge in [0, 0.05) is 13.1 Å². The second kappa shape index (κ2) is 6.65. The SMILES string of the molecule is CCC1CCC(N(C)S(=O)(=O)c2cc(Cl)c(Br)s2)CC1. The summed E-state index contributed by atoms with van der Waals surface area (Å²) < 4.78 is 27.7. The number of rotatable bonds is 4. The van der Waals surface area contributed by atoms with Crippen molar-refractivity contribution in [2.75, 3.05) is 7.05 Å². The van der Waals surface area contributed by atoms with Crippen molar-refractivity contribution in [3.05, 3.63) is 14.9 Å². The molecule has 0 aliphatic heterocycles. The van der Waals surface area contributed by atoms with Crippen LogP contribution < -0.4 is 0 Å². The van der Waals surface area contributed by atoms with Crippen LogP contribution in [0.5, 0.6) is 0 Å². The van der Waals surface area contributed by atoms with Crippen molar-refractivity contribution >= 4 is 48.9 Å². The molecule has 1 heterocycles. The number of sulfonamides is 1. The molecular weight excluding hydrogens is 382 g/mol. The first-order chi connectivity index (χ1) is 9.36. The van der Waals surface area contributed by atoms with Crippen LogP contribution in [0, 0.1) is 5.92 Å². The molecule has 0 amide bonds. The van der Waals surface area contributed by atoms with Crippen molar-refractivity contribution in [3.8, 4) is 0 Å². The van der Waals surface area contributed by atoms with E-state index in [1.807, 2.05) is 0 Å². The number of hydrogen-bond acceptors (Lipinski definition) is 3. The van der Waals surface area contributed by atoms with E-state index in [2.05, 4.69) is 22.9 Å². The molecule has 0 saturated heterocycles. The van der Waals surface area contributed by atoms with E-state index in [-0.39, 0.29) is 6.04 Å². The van der Waals surface area contributed by atoms with Gasteiger partial charge in [-0.1, -0.05) is 24.9 Å². The van der Waals surface area contributed by atoms with Crippen LogP contribution in [0.15, 0.2) is 14.1 Å². The van der Waals surface area contributed by atoms with Crippen molar-refractivity contribution in [1.82, 2.24) is 4.31 Å². The lowest BCUT2D eigenvalue weighted by Crippen LogP contribution is -2.39. The molecule has 0 N–H and O–H groups in total. The second-order valence-corrected chi connectivity index (χ2v) is 10.3. The lowest BCUT2D eigenvalue weighted by molar-refractivity contribution is 0.233. The van der Waals surface area contributed by atoms with E-state index in [0.29, 0.717) is 13.0 Å². The Morgan fingerprint density at radius 2 is 2.00 bits per heavy atom. The normalized spacial score (nSPS) is 24.2. The Kier molecular flexibility index (Phi) is 5.57. The van der Waals surface area contributed by atoms with Crippen molar-refractivity contribution < 1.29 is 8.42 Å². The predicted octanol–water partition coefficient (Wildman–Crippen LogP) is 4.75. The van der Waals surface area contributed by atoms with Crippen molar-refractivity contribution in [2.24, 2.45) is 5.92 Å². The average Bonchev–Trinajstić information content (AvgIpc) is 2.78. The number of hydrogen-bond donors (Lipinski definition) is 0. The zero-order valence-corrected chi connectivity index (χ0v) is 15.6. The van der Waals surface area contributed by atoms with Gasteiger partial charge >= 0.3 is 0 Å². The molecule has 0 radical (unpaired) electrons. The van der Waals surface area contributed by atoms with E-state index >= 15 is 0 Å². The summed E-state index contributed by atoms with van der Waals surface area (Å²) in [7, 11) is -1.74. The predicted molar refractivity (Wildman–Crippen MR) is 88.0 cm³/mol. The lowest BCUT2D eigenvalue weighted by Gasteiger charge is -2.33. The third kappa shape index (κ3) is 3.40. The van der Waals surface area contributed by atoms with E-state index in [0.717, 1.165) is 31.6 Å². The molecule has 1 aromatic rings. The zero-order valence-electron chi connectivity index (χ0n) is 11.6. The van der Waals surface area contributed by atoms with Crippen LogP contribution in [0.1, 0.15) is 39.0 Å². The van der Waals surface area contributed by atoms with Gasteiger partial charge in [0.15, 0.2) is 0 Å². The van der Waals surface area contributed by atoms with Crippen LogP contribution in [0.4, 0.5) is 0 Å². The van der Waals surface area contributed by atoms with Gasteiger partial charge < -0.3 is 0 Å². The van der Waals surface area contributed by atoms with Gasteiger partial charge in [0.25, 0.3) is 10.0 Å². The minimum atomic E-state index is -3.43. The molecule has 7 heteroatoms. The van der Waals surface area contributed by atoms with Gasteiger partial charge in [0.1, 0.15) is 4.21 Å². The quantitative estimate of drug-likeness (QED) is 0.731. The molecule has 0 aromatic carbocycles. The molecule has 1 saturated carbocycles. The highest BCUT2D eigenvalue weighted by molar-refractivity contribution is 9.11. The fraction of sp³-hybridized carbons (Fsp3) is 0.692. The molecule has 114 valence electrons. The van der Waals surface area contributed by atoms with Crippen LogP contribution in [-0.2, 0) is 10.0 Å². The summed E-state index contributed by atoms with van der Waals surface area (Å²) in [5.41, 5.74) is 0. The van der Waals surface area contributed by atoms with Gasteiger partial charge in [0.05, 0.1) is 8.81 Å².